The van der Waals surface area contributed by atoms with E-state index in [1.165, 1.54) is 0 Å². The van der Waals surface area contributed by atoms with Crippen LogP contribution in [0.3, 0.4) is 0 Å². The summed E-state index contributed by atoms with van der Waals surface area (Å²) < 4.78 is 9.12. The molecular formula is C10H12O6. The maximum Gasteiger partial charge on any atom is 0.336 e. The van der Waals surface area contributed by atoms with E-state index in [0.29, 0.717) is 6.08 Å². The van der Waals surface area contributed by atoms with Gasteiger partial charge in [-0.15, -0.1) is 0 Å². The standard InChI is InChI=1S/C10H12O6/c1-3-15-10(14)7(2)6-16-9(13)5-4-8(11)12/h4-5H,2-3,6H2,1H3,(H,11,12)/b5-4+. The van der Waals surface area contributed by atoms with Crippen LogP contribution in [-0.2, 0) is 23.9 Å². The van der Waals surface area contributed by atoms with E-state index in [1.807, 2.05) is 0 Å². The monoisotopic (exact) mass is 228 g/mol. The molecule has 0 heterocycles. The molecule has 6 nitrogen and oxygen atoms in total. The highest BCUT2D eigenvalue weighted by Gasteiger charge is 2.09. The van der Waals surface area contributed by atoms with Crippen molar-refractivity contribution in [3.63, 3.8) is 0 Å². The molecule has 0 rings (SSSR count). The molecular weight excluding hydrogens is 216 g/mol. The van der Waals surface area contributed by atoms with Crippen molar-refractivity contribution in [3.8, 4) is 0 Å². The third-order valence-electron chi connectivity index (χ3n) is 1.31. The Balaban J connectivity index is 3.97. The van der Waals surface area contributed by atoms with Crippen LogP contribution in [0.4, 0.5) is 0 Å². The Morgan fingerprint density at radius 1 is 1.25 bits per heavy atom. The summed E-state index contributed by atoms with van der Waals surface area (Å²) in [4.78, 5) is 31.9. The van der Waals surface area contributed by atoms with E-state index in [1.54, 1.807) is 6.92 Å². The Morgan fingerprint density at radius 2 is 1.88 bits per heavy atom. The highest BCUT2D eigenvalue weighted by atomic mass is 16.5. The van der Waals surface area contributed by atoms with E-state index in [0.717, 1.165) is 6.08 Å². The van der Waals surface area contributed by atoms with Gasteiger partial charge in [0.25, 0.3) is 0 Å². The number of carboxylic acid groups (broad SMARTS) is 1. The lowest BCUT2D eigenvalue weighted by atomic mass is 10.3. The topological polar surface area (TPSA) is 89.9 Å². The zero-order valence-electron chi connectivity index (χ0n) is 8.76. The molecule has 0 aromatic rings. The number of aliphatic carboxylic acids is 1. The highest BCUT2D eigenvalue weighted by Crippen LogP contribution is 1.96. The lowest BCUT2D eigenvalue weighted by Gasteiger charge is -2.04. The molecule has 0 fully saturated rings. The molecule has 16 heavy (non-hydrogen) atoms. The normalized spacial score (nSPS) is 9.81. The van der Waals surface area contributed by atoms with Crippen molar-refractivity contribution in [1.29, 1.82) is 0 Å². The fourth-order valence-corrected chi connectivity index (χ4v) is 0.638. The molecule has 0 aromatic carbocycles. The van der Waals surface area contributed by atoms with E-state index in [4.69, 9.17) is 5.11 Å². The second kappa shape index (κ2) is 7.22. The molecule has 0 aliphatic heterocycles. The fourth-order valence-electron chi connectivity index (χ4n) is 0.638. The van der Waals surface area contributed by atoms with Gasteiger partial charge in [-0.25, -0.2) is 14.4 Å². The molecule has 0 amide bonds. The average molecular weight is 228 g/mol. The summed E-state index contributed by atoms with van der Waals surface area (Å²) in [6.45, 7) is 4.85. The fraction of sp³-hybridized carbons (Fsp3) is 0.300. The number of carbonyl (C=O) groups is 3. The van der Waals surface area contributed by atoms with Crippen molar-refractivity contribution in [1.82, 2.24) is 0 Å². The summed E-state index contributed by atoms with van der Waals surface area (Å²) in [7, 11) is 0. The van der Waals surface area contributed by atoms with Crippen LogP contribution < -0.4 is 0 Å². The van der Waals surface area contributed by atoms with Crippen molar-refractivity contribution < 1.29 is 29.0 Å². The maximum absolute atomic E-state index is 11.0. The lowest BCUT2D eigenvalue weighted by Crippen LogP contribution is -2.13. The third kappa shape index (κ3) is 6.36. The summed E-state index contributed by atoms with van der Waals surface area (Å²) in [6.07, 6.45) is 1.37. The molecule has 6 heteroatoms. The number of ether oxygens (including phenoxy) is 2. The molecule has 0 bridgehead atoms. The van der Waals surface area contributed by atoms with Gasteiger partial charge in [0.1, 0.15) is 6.61 Å². The Bertz CT molecular complexity index is 328. The summed E-state index contributed by atoms with van der Waals surface area (Å²) in [6, 6.07) is 0. The minimum Gasteiger partial charge on any atom is -0.478 e. The van der Waals surface area contributed by atoms with Gasteiger partial charge in [-0.2, -0.15) is 0 Å². The molecule has 0 aliphatic carbocycles. The van der Waals surface area contributed by atoms with Crippen LogP contribution in [0.5, 0.6) is 0 Å². The van der Waals surface area contributed by atoms with E-state index in [-0.39, 0.29) is 18.8 Å². The Labute approximate surface area is 92.2 Å². The van der Waals surface area contributed by atoms with Crippen LogP contribution in [0.1, 0.15) is 6.92 Å². The average Bonchev–Trinajstić information content (AvgIpc) is 2.23. The van der Waals surface area contributed by atoms with Crippen molar-refractivity contribution in [2.75, 3.05) is 13.2 Å². The number of hydrogen-bond acceptors (Lipinski definition) is 5. The van der Waals surface area contributed by atoms with Gasteiger partial charge in [0.15, 0.2) is 0 Å². The van der Waals surface area contributed by atoms with E-state index in [2.05, 4.69) is 16.1 Å². The summed E-state index contributed by atoms with van der Waals surface area (Å²) in [5.74, 6) is -2.79. The molecule has 1 N–H and O–H groups in total. The van der Waals surface area contributed by atoms with Crippen LogP contribution in [0.25, 0.3) is 0 Å². The SMILES string of the molecule is C=C(COC(=O)/C=C/C(=O)O)C(=O)OCC. The highest BCUT2D eigenvalue weighted by molar-refractivity contribution is 5.92. The molecule has 88 valence electrons. The summed E-state index contributed by atoms with van der Waals surface area (Å²) in [5.41, 5.74) is -0.0149. The van der Waals surface area contributed by atoms with Gasteiger partial charge in [-0.1, -0.05) is 6.58 Å². The van der Waals surface area contributed by atoms with Crippen molar-refractivity contribution in [2.24, 2.45) is 0 Å². The number of esters is 2. The van der Waals surface area contributed by atoms with Gasteiger partial charge in [-0.05, 0) is 6.92 Å². The number of hydrogen-bond donors (Lipinski definition) is 1. The predicted octanol–water partition coefficient (Wildman–Crippen LogP) is 0.290. The van der Waals surface area contributed by atoms with E-state index >= 15 is 0 Å². The Morgan fingerprint density at radius 3 is 2.38 bits per heavy atom. The van der Waals surface area contributed by atoms with Gasteiger partial charge in [-0.3, -0.25) is 0 Å². The smallest absolute Gasteiger partial charge is 0.336 e. The van der Waals surface area contributed by atoms with Crippen LogP contribution in [0.15, 0.2) is 24.3 Å². The summed E-state index contributed by atoms with van der Waals surface area (Å²) in [5, 5.41) is 8.21. The summed E-state index contributed by atoms with van der Waals surface area (Å²) >= 11 is 0. The molecule has 0 unspecified atom stereocenters. The first-order valence-electron chi connectivity index (χ1n) is 4.40. The molecule has 0 radical (unpaired) electrons. The number of rotatable bonds is 6. The second-order valence-corrected chi connectivity index (χ2v) is 2.60. The first-order chi connectivity index (χ1) is 7.47. The molecule has 0 aliphatic rings. The molecule has 0 atom stereocenters. The van der Waals surface area contributed by atoms with Gasteiger partial charge >= 0.3 is 17.9 Å². The van der Waals surface area contributed by atoms with Crippen molar-refractivity contribution in [3.05, 3.63) is 24.3 Å². The van der Waals surface area contributed by atoms with E-state index < -0.39 is 17.9 Å². The van der Waals surface area contributed by atoms with Crippen LogP contribution in [0.2, 0.25) is 0 Å². The first-order valence-corrected chi connectivity index (χ1v) is 4.40. The second-order valence-electron chi connectivity index (χ2n) is 2.60. The molecule has 0 aromatic heterocycles. The first kappa shape index (κ1) is 13.9. The van der Waals surface area contributed by atoms with Gasteiger partial charge in [0.2, 0.25) is 0 Å². The van der Waals surface area contributed by atoms with Crippen molar-refractivity contribution >= 4 is 17.9 Å². The third-order valence-corrected chi connectivity index (χ3v) is 1.31. The Hall–Kier alpha value is -2.11. The zero-order chi connectivity index (χ0) is 12.6. The molecule has 0 saturated carbocycles. The lowest BCUT2D eigenvalue weighted by molar-refractivity contribution is -0.141. The van der Waals surface area contributed by atoms with Crippen LogP contribution in [-0.4, -0.2) is 36.2 Å². The van der Waals surface area contributed by atoms with Gasteiger partial charge in [0.05, 0.1) is 12.2 Å². The van der Waals surface area contributed by atoms with Crippen LogP contribution >= 0.6 is 0 Å². The minimum atomic E-state index is -1.26. The zero-order valence-corrected chi connectivity index (χ0v) is 8.76. The predicted molar refractivity (Wildman–Crippen MR) is 53.5 cm³/mol. The number of carboxylic acids is 1. The quantitative estimate of drug-likeness (QED) is 0.519. The molecule has 0 saturated heterocycles. The van der Waals surface area contributed by atoms with Crippen LogP contribution in [0, 0.1) is 0 Å². The number of carbonyl (C=O) groups excluding carboxylic acids is 2. The Kier molecular flexibility index (Phi) is 6.27. The van der Waals surface area contributed by atoms with Gasteiger partial charge < -0.3 is 14.6 Å². The van der Waals surface area contributed by atoms with Crippen molar-refractivity contribution in [2.45, 2.75) is 6.92 Å². The maximum atomic E-state index is 11.0. The molecule has 0 spiro atoms. The largest absolute Gasteiger partial charge is 0.478 e. The van der Waals surface area contributed by atoms with E-state index in [9.17, 15) is 14.4 Å². The minimum absolute atomic E-state index is 0.0149. The van der Waals surface area contributed by atoms with Gasteiger partial charge in [0, 0.05) is 12.2 Å².